The van der Waals surface area contributed by atoms with E-state index in [1.807, 2.05) is 24.3 Å². The van der Waals surface area contributed by atoms with Crippen LogP contribution < -0.4 is 9.03 Å². The van der Waals surface area contributed by atoms with Crippen LogP contribution in [0.25, 0.3) is 0 Å². The molecule has 0 saturated heterocycles. The number of nitriles is 2. The summed E-state index contributed by atoms with van der Waals surface area (Å²) in [5, 5.41) is 23.4. The maximum absolute atomic E-state index is 12.3. The number of quaternary nitrogens is 1. The molecule has 0 aromatic heterocycles. The van der Waals surface area contributed by atoms with E-state index < -0.39 is 11.2 Å². The smallest absolute Gasteiger partial charge is 0.203 e. The number of nitrogens with zero attached hydrogens (tertiary/aromatic N) is 3. The van der Waals surface area contributed by atoms with Crippen LogP contribution in [0.2, 0.25) is 0 Å². The van der Waals surface area contributed by atoms with Gasteiger partial charge < -0.3 is 0 Å². The average Bonchev–Trinajstić information content (AvgIpc) is 2.77. The molecule has 3 unspecified atom stereocenters. The van der Waals surface area contributed by atoms with Gasteiger partial charge in [-0.15, -0.1) is 0 Å². The number of para-hydroxylation sites is 1. The first-order valence-corrected chi connectivity index (χ1v) is 8.26. The van der Waals surface area contributed by atoms with Gasteiger partial charge in [-0.1, -0.05) is 23.9 Å². The molecule has 0 radical (unpaired) electrons. The fourth-order valence-corrected chi connectivity index (χ4v) is 5.32. The highest BCUT2D eigenvalue weighted by atomic mass is 32.2. The molecule has 0 bridgehead atoms. The Labute approximate surface area is 125 Å². The Kier molecular flexibility index (Phi) is 4.79. The third-order valence-corrected chi connectivity index (χ3v) is 6.26. The van der Waals surface area contributed by atoms with Crippen molar-refractivity contribution >= 4 is 28.6 Å². The number of benzene rings is 1. The summed E-state index contributed by atoms with van der Waals surface area (Å²) >= 11 is -0.0393. The molecule has 2 rings (SSSR count). The van der Waals surface area contributed by atoms with Crippen LogP contribution in [0.4, 0.5) is 5.69 Å². The molecule has 3 atom stereocenters. The molecule has 2 N–H and O–H groups in total. The van der Waals surface area contributed by atoms with E-state index in [0.29, 0.717) is 19.4 Å². The quantitative estimate of drug-likeness (QED) is 0.844. The Hall–Kier alpha value is -1.38. The summed E-state index contributed by atoms with van der Waals surface area (Å²) in [4.78, 5) is 1.03. The minimum absolute atomic E-state index is 0.0776. The Morgan fingerprint density at radius 1 is 1.30 bits per heavy atom. The second-order valence-corrected chi connectivity index (χ2v) is 6.86. The van der Waals surface area contributed by atoms with Gasteiger partial charge in [0, 0.05) is 18.9 Å². The summed E-state index contributed by atoms with van der Waals surface area (Å²) in [6.45, 7) is 0.402. The molecule has 0 aliphatic carbocycles. The summed E-state index contributed by atoms with van der Waals surface area (Å²) in [6.07, 6.45) is 1.26. The lowest BCUT2D eigenvalue weighted by Crippen LogP contribution is -2.57. The van der Waals surface area contributed by atoms with Crippen molar-refractivity contribution in [3.05, 3.63) is 24.3 Å². The number of hydrogen-bond donors (Lipinski definition) is 1. The Morgan fingerprint density at radius 2 is 2.00 bits per heavy atom. The van der Waals surface area contributed by atoms with Crippen LogP contribution in [0.5, 0.6) is 0 Å². The summed E-state index contributed by atoms with van der Waals surface area (Å²) in [7, 11) is 0. The molecule has 1 aliphatic heterocycles. The van der Waals surface area contributed by atoms with Gasteiger partial charge in [-0.3, -0.25) is 0 Å². The number of hydrogen-bond acceptors (Lipinski definition) is 4. The van der Waals surface area contributed by atoms with Crippen molar-refractivity contribution in [3.8, 4) is 12.1 Å². The Balaban J connectivity index is 2.47. The normalized spacial score (nSPS) is 25.4. The first-order valence-electron chi connectivity index (χ1n) is 6.21. The molecule has 20 heavy (non-hydrogen) atoms. The van der Waals surface area contributed by atoms with Crippen molar-refractivity contribution in [3.63, 3.8) is 0 Å². The maximum atomic E-state index is 12.3. The minimum atomic E-state index is -1.64. The molecule has 5 nitrogen and oxygen atoms in total. The molecule has 1 aromatic rings. The van der Waals surface area contributed by atoms with Crippen LogP contribution in [-0.2, 0) is 11.2 Å². The Bertz CT molecular complexity index is 607. The van der Waals surface area contributed by atoms with Gasteiger partial charge in [0.15, 0.2) is 11.1 Å². The summed E-state index contributed by atoms with van der Waals surface area (Å²) in [6, 6.07) is 11.9. The molecule has 1 heterocycles. The SMILES string of the molecule is N#CCCC1Sc2ccccc2[N+]1(CCC#N)S(N)=O. The summed E-state index contributed by atoms with van der Waals surface area (Å²) in [5.41, 5.74) is 0.900. The fourth-order valence-electron chi connectivity index (χ4n) is 2.50. The highest BCUT2D eigenvalue weighted by Crippen LogP contribution is 2.50. The number of rotatable bonds is 5. The van der Waals surface area contributed by atoms with E-state index in [2.05, 4.69) is 12.1 Å². The van der Waals surface area contributed by atoms with Gasteiger partial charge in [0.25, 0.3) is 11.2 Å². The first-order chi connectivity index (χ1) is 9.66. The number of nitrogens with two attached hydrogens (primary N) is 1. The van der Waals surface area contributed by atoms with Gasteiger partial charge >= 0.3 is 0 Å². The minimum Gasteiger partial charge on any atom is -0.203 e. The van der Waals surface area contributed by atoms with Gasteiger partial charge in [0.1, 0.15) is 6.54 Å². The van der Waals surface area contributed by atoms with Gasteiger partial charge in [0.05, 0.1) is 23.5 Å². The average molecular weight is 307 g/mol. The van der Waals surface area contributed by atoms with Crippen molar-refractivity contribution in [1.82, 2.24) is 3.89 Å². The van der Waals surface area contributed by atoms with E-state index in [-0.39, 0.29) is 15.7 Å². The number of fused-ring (bicyclic) bond motifs is 1. The van der Waals surface area contributed by atoms with Crippen LogP contribution in [0, 0.1) is 22.7 Å². The van der Waals surface area contributed by atoms with Crippen LogP contribution in [0.1, 0.15) is 19.3 Å². The van der Waals surface area contributed by atoms with Gasteiger partial charge in [-0.2, -0.15) is 18.6 Å². The number of thioether (sulfide) groups is 1. The summed E-state index contributed by atoms with van der Waals surface area (Å²) < 4.78 is 12.3. The fraction of sp³-hybridized carbons (Fsp3) is 0.385. The maximum Gasteiger partial charge on any atom is 0.291 e. The van der Waals surface area contributed by atoms with Crippen LogP contribution in [0.3, 0.4) is 0 Å². The standard InChI is InChI=1S/C13H15N4OS2/c14-8-3-7-13-17(20(16)18,10-4-9-15)11-5-1-2-6-12(11)19-13/h1-2,5-6,13H,3-4,7,10,16H2/q+1. The van der Waals surface area contributed by atoms with E-state index >= 15 is 0 Å². The molecule has 0 fully saturated rings. The Morgan fingerprint density at radius 3 is 2.65 bits per heavy atom. The monoisotopic (exact) mass is 307 g/mol. The second kappa shape index (κ2) is 6.38. The van der Waals surface area contributed by atoms with E-state index in [1.165, 1.54) is 0 Å². The van der Waals surface area contributed by atoms with Crippen molar-refractivity contribution in [2.24, 2.45) is 5.14 Å². The van der Waals surface area contributed by atoms with Crippen LogP contribution in [0.15, 0.2) is 29.2 Å². The van der Waals surface area contributed by atoms with Crippen LogP contribution in [-0.4, -0.2) is 16.1 Å². The lowest BCUT2D eigenvalue weighted by Gasteiger charge is -2.34. The molecular weight excluding hydrogens is 292 g/mol. The molecule has 0 saturated carbocycles. The van der Waals surface area contributed by atoms with Crippen molar-refractivity contribution < 1.29 is 4.21 Å². The zero-order valence-corrected chi connectivity index (χ0v) is 12.5. The zero-order chi connectivity index (χ0) is 14.6. The topological polar surface area (TPSA) is 90.7 Å². The molecule has 1 aliphatic rings. The lowest BCUT2D eigenvalue weighted by atomic mass is 10.2. The highest BCUT2D eigenvalue weighted by molar-refractivity contribution is 8.01. The van der Waals surface area contributed by atoms with Gasteiger partial charge in [-0.25, -0.2) is 5.14 Å². The third kappa shape index (κ3) is 2.46. The highest BCUT2D eigenvalue weighted by Gasteiger charge is 2.51. The molecular formula is C13H15N4OS2+. The van der Waals surface area contributed by atoms with Crippen LogP contribution >= 0.6 is 11.8 Å². The van der Waals surface area contributed by atoms with E-state index in [0.717, 1.165) is 10.6 Å². The van der Waals surface area contributed by atoms with E-state index in [1.54, 1.807) is 11.8 Å². The molecule has 1 aromatic carbocycles. The van der Waals surface area contributed by atoms with E-state index in [4.69, 9.17) is 15.7 Å². The lowest BCUT2D eigenvalue weighted by molar-refractivity contribution is 0.413. The van der Waals surface area contributed by atoms with Crippen molar-refractivity contribution in [1.29, 1.82) is 10.5 Å². The molecule has 7 heteroatoms. The molecule has 0 amide bonds. The largest absolute Gasteiger partial charge is 0.291 e. The second-order valence-electron chi connectivity index (χ2n) is 4.44. The first kappa shape index (κ1) is 15.0. The van der Waals surface area contributed by atoms with Crippen molar-refractivity contribution in [2.45, 2.75) is 29.5 Å². The van der Waals surface area contributed by atoms with Gasteiger partial charge in [0.2, 0.25) is 0 Å². The molecule has 0 spiro atoms. The summed E-state index contributed by atoms with van der Waals surface area (Å²) in [5.74, 6) is 0. The third-order valence-electron chi connectivity index (χ3n) is 3.38. The van der Waals surface area contributed by atoms with Gasteiger partial charge in [-0.05, 0) is 6.07 Å². The molecule has 104 valence electrons. The predicted molar refractivity (Wildman–Crippen MR) is 80.2 cm³/mol. The van der Waals surface area contributed by atoms with Crippen molar-refractivity contribution in [2.75, 3.05) is 6.54 Å². The predicted octanol–water partition coefficient (Wildman–Crippen LogP) is 2.18. The zero-order valence-electron chi connectivity index (χ0n) is 10.9. The van der Waals surface area contributed by atoms with E-state index in [9.17, 15) is 4.21 Å².